The molecule has 0 saturated heterocycles. The molecule has 0 amide bonds. The first-order chi connectivity index (χ1) is 12.8. The van der Waals surface area contributed by atoms with Gasteiger partial charge in [0.15, 0.2) is 11.0 Å². The number of hydrogen-bond acceptors (Lipinski definition) is 6. The number of Topliss-reactive ketones (excluding diaryl/α,β-unsaturated/α-hetero) is 1. The van der Waals surface area contributed by atoms with Gasteiger partial charge in [0, 0.05) is 24.6 Å². The van der Waals surface area contributed by atoms with Crippen LogP contribution in [0.3, 0.4) is 0 Å². The van der Waals surface area contributed by atoms with Gasteiger partial charge in [-0.2, -0.15) is 5.26 Å². The number of aromatic nitrogens is 1. The lowest BCUT2D eigenvalue weighted by molar-refractivity contribution is 0.0988. The smallest absolute Gasteiger partial charge is 0.185 e. The van der Waals surface area contributed by atoms with E-state index in [1.165, 1.54) is 30.1 Å². The van der Waals surface area contributed by atoms with Crippen molar-refractivity contribution in [3.05, 3.63) is 76.2 Å². The summed E-state index contributed by atoms with van der Waals surface area (Å²) in [6.45, 7) is 5.74. The third kappa shape index (κ3) is 4.07. The van der Waals surface area contributed by atoms with E-state index in [0.717, 1.165) is 4.91 Å². The fraction of sp³-hybridized carbons (Fsp3) is 0.200. The summed E-state index contributed by atoms with van der Waals surface area (Å²) in [7, 11) is 0. The molecule has 0 saturated carbocycles. The van der Waals surface area contributed by atoms with Crippen molar-refractivity contribution in [1.82, 2.24) is 4.98 Å². The number of benzene rings is 1. The highest BCUT2D eigenvalue weighted by atomic mass is 32.2. The zero-order valence-electron chi connectivity index (χ0n) is 14.7. The Morgan fingerprint density at radius 3 is 2.85 bits per heavy atom. The summed E-state index contributed by atoms with van der Waals surface area (Å²) in [5.41, 5.74) is 6.67. The van der Waals surface area contributed by atoms with Crippen LogP contribution in [0.2, 0.25) is 0 Å². The number of ketones is 1. The Morgan fingerprint density at radius 2 is 2.22 bits per heavy atom. The molecule has 2 aromatic rings. The molecule has 7 heteroatoms. The molecule has 0 spiro atoms. The summed E-state index contributed by atoms with van der Waals surface area (Å²) < 4.78 is 14.5. The first kappa shape index (κ1) is 18.8. The predicted octanol–water partition coefficient (Wildman–Crippen LogP) is 3.70. The number of hydrogen-bond donors (Lipinski definition) is 1. The van der Waals surface area contributed by atoms with Gasteiger partial charge in [0.1, 0.15) is 17.6 Å². The Bertz CT molecular complexity index is 994. The van der Waals surface area contributed by atoms with Crippen molar-refractivity contribution in [1.29, 1.82) is 5.26 Å². The highest BCUT2D eigenvalue weighted by Gasteiger charge is 2.34. The maximum absolute atomic E-state index is 14.5. The number of nitriles is 1. The van der Waals surface area contributed by atoms with Crippen LogP contribution < -0.4 is 5.73 Å². The quantitative estimate of drug-likeness (QED) is 0.817. The third-order valence-electron chi connectivity index (χ3n) is 4.30. The average Bonchev–Trinajstić information content (AvgIpc) is 2.62. The van der Waals surface area contributed by atoms with Gasteiger partial charge in [-0.3, -0.25) is 14.8 Å². The van der Waals surface area contributed by atoms with Crippen LogP contribution in [0.5, 0.6) is 0 Å². The molecule has 5 nitrogen and oxygen atoms in total. The summed E-state index contributed by atoms with van der Waals surface area (Å²) in [4.78, 5) is 21.7. The first-order valence-electron chi connectivity index (χ1n) is 8.20. The zero-order chi connectivity index (χ0) is 19.6. The van der Waals surface area contributed by atoms with Gasteiger partial charge in [0.25, 0.3) is 0 Å². The van der Waals surface area contributed by atoms with Gasteiger partial charge in [0.05, 0.1) is 11.1 Å². The molecule has 1 aliphatic heterocycles. The first-order valence-corrected chi connectivity index (χ1v) is 9.01. The highest BCUT2D eigenvalue weighted by molar-refractivity contribution is 8.17. The standard InChI is InChI=1S/C20H17FN4OS/c1-12-9-20(2,25-19(23)27-12)15-7-13(3-5-16(15)21)8-18(26)17-6-4-14(10-22)11-24-17/h3-7,11H,1,8-9H2,2H3,(H2,23,25)/t20-/m0/s1. The molecule has 0 fully saturated rings. The van der Waals surface area contributed by atoms with Crippen molar-refractivity contribution in [3.63, 3.8) is 0 Å². The van der Waals surface area contributed by atoms with E-state index < -0.39 is 11.4 Å². The topological polar surface area (TPSA) is 92.1 Å². The van der Waals surface area contributed by atoms with Crippen LogP contribution in [0.1, 0.15) is 40.5 Å². The second kappa shape index (κ2) is 7.33. The van der Waals surface area contributed by atoms with Gasteiger partial charge in [-0.25, -0.2) is 4.39 Å². The van der Waals surface area contributed by atoms with Gasteiger partial charge in [-0.05, 0) is 41.7 Å². The number of nitrogens with two attached hydrogens (primary N) is 1. The summed E-state index contributed by atoms with van der Waals surface area (Å²) >= 11 is 1.28. The van der Waals surface area contributed by atoms with Gasteiger partial charge >= 0.3 is 0 Å². The van der Waals surface area contributed by atoms with Crippen molar-refractivity contribution < 1.29 is 9.18 Å². The predicted molar refractivity (Wildman–Crippen MR) is 104 cm³/mol. The SMILES string of the molecule is C=C1C[C@@](C)(c2cc(CC(=O)c3ccc(C#N)cn3)ccc2F)N=C(N)S1. The fourth-order valence-electron chi connectivity index (χ4n) is 3.02. The minimum Gasteiger partial charge on any atom is -0.378 e. The number of thioether (sulfide) groups is 1. The van der Waals surface area contributed by atoms with Crippen LogP contribution in [0.15, 0.2) is 53.0 Å². The van der Waals surface area contributed by atoms with Crippen molar-refractivity contribution in [2.45, 2.75) is 25.3 Å². The van der Waals surface area contributed by atoms with E-state index >= 15 is 0 Å². The maximum Gasteiger partial charge on any atom is 0.185 e. The molecule has 136 valence electrons. The molecule has 2 heterocycles. The molecule has 0 radical (unpaired) electrons. The minimum absolute atomic E-state index is 0.0666. The van der Waals surface area contributed by atoms with Gasteiger partial charge in [-0.1, -0.05) is 24.4 Å². The molecule has 2 N–H and O–H groups in total. The van der Waals surface area contributed by atoms with Crippen LogP contribution in [0.4, 0.5) is 4.39 Å². The van der Waals surface area contributed by atoms with Crippen molar-refractivity contribution >= 4 is 22.7 Å². The molecule has 1 aliphatic rings. The number of halogens is 1. The Morgan fingerprint density at radius 1 is 1.44 bits per heavy atom. The number of amidine groups is 1. The third-order valence-corrected chi connectivity index (χ3v) is 5.03. The molecule has 1 atom stereocenters. The molecule has 27 heavy (non-hydrogen) atoms. The second-order valence-corrected chi connectivity index (χ2v) is 7.70. The second-order valence-electron chi connectivity index (χ2n) is 6.50. The molecule has 1 aromatic heterocycles. The minimum atomic E-state index is -0.859. The van der Waals surface area contributed by atoms with E-state index in [1.807, 2.05) is 6.07 Å². The highest BCUT2D eigenvalue weighted by Crippen LogP contribution is 2.41. The largest absolute Gasteiger partial charge is 0.378 e. The van der Waals surface area contributed by atoms with Crippen LogP contribution in [-0.4, -0.2) is 15.9 Å². The normalized spacial score (nSPS) is 19.3. The average molecular weight is 380 g/mol. The Balaban J connectivity index is 1.89. The molecular formula is C20H17FN4OS. The number of nitrogens with zero attached hydrogens (tertiary/aromatic N) is 3. The van der Waals surface area contributed by atoms with Gasteiger partial charge < -0.3 is 5.73 Å². The van der Waals surface area contributed by atoms with E-state index in [9.17, 15) is 9.18 Å². The van der Waals surface area contributed by atoms with Crippen molar-refractivity contribution in [2.75, 3.05) is 0 Å². The monoisotopic (exact) mass is 380 g/mol. The molecule has 0 aliphatic carbocycles. The summed E-state index contributed by atoms with van der Waals surface area (Å²) in [5.74, 6) is -0.615. The van der Waals surface area contributed by atoms with Crippen molar-refractivity contribution in [3.8, 4) is 6.07 Å². The molecular weight excluding hydrogens is 363 g/mol. The lowest BCUT2D eigenvalue weighted by atomic mass is 9.87. The van der Waals surface area contributed by atoms with E-state index in [0.29, 0.717) is 28.3 Å². The van der Waals surface area contributed by atoms with E-state index in [1.54, 1.807) is 25.1 Å². The van der Waals surface area contributed by atoms with Crippen molar-refractivity contribution in [2.24, 2.45) is 10.7 Å². The maximum atomic E-state index is 14.5. The number of pyridine rings is 1. The summed E-state index contributed by atoms with van der Waals surface area (Å²) in [6, 6.07) is 9.57. The van der Waals surface area contributed by atoms with Crippen LogP contribution in [-0.2, 0) is 12.0 Å². The fourth-order valence-corrected chi connectivity index (χ4v) is 3.92. The van der Waals surface area contributed by atoms with Crippen LogP contribution >= 0.6 is 11.8 Å². The number of rotatable bonds is 4. The Hall–Kier alpha value is -2.98. The van der Waals surface area contributed by atoms with Crippen LogP contribution in [0, 0.1) is 17.1 Å². The number of aliphatic imine (C=N–C) groups is 1. The molecule has 1 aromatic carbocycles. The Labute approximate surface area is 160 Å². The summed E-state index contributed by atoms with van der Waals surface area (Å²) in [6.07, 6.45) is 1.88. The van der Waals surface area contributed by atoms with Crippen LogP contribution in [0.25, 0.3) is 0 Å². The molecule has 0 unspecified atom stereocenters. The van der Waals surface area contributed by atoms with E-state index in [-0.39, 0.29) is 17.9 Å². The van der Waals surface area contributed by atoms with E-state index in [2.05, 4.69) is 16.6 Å². The molecule has 0 bridgehead atoms. The summed E-state index contributed by atoms with van der Waals surface area (Å²) in [5, 5.41) is 9.15. The Kier molecular flexibility index (Phi) is 5.10. The van der Waals surface area contributed by atoms with Gasteiger partial charge in [0.2, 0.25) is 0 Å². The number of carbonyl (C=O) groups excluding carboxylic acids is 1. The lowest BCUT2D eigenvalue weighted by Gasteiger charge is -2.31. The van der Waals surface area contributed by atoms with E-state index in [4.69, 9.17) is 11.0 Å². The zero-order valence-corrected chi connectivity index (χ0v) is 15.5. The van der Waals surface area contributed by atoms with Gasteiger partial charge in [-0.15, -0.1) is 0 Å². The lowest BCUT2D eigenvalue weighted by Crippen LogP contribution is -2.29. The molecule has 3 rings (SSSR count). The number of carbonyl (C=O) groups is 1.